The van der Waals surface area contributed by atoms with Crippen LogP contribution in [0.25, 0.3) is 0 Å². The van der Waals surface area contributed by atoms with Crippen molar-refractivity contribution in [1.29, 1.82) is 0 Å². The average Bonchev–Trinajstić information content (AvgIpc) is 2.78. The van der Waals surface area contributed by atoms with Crippen LogP contribution in [-0.2, 0) is 26.9 Å². The first-order valence-electron chi connectivity index (χ1n) is 5.44. The minimum Gasteiger partial charge on any atom is -0.481 e. The zero-order valence-electron chi connectivity index (χ0n) is 9.76. The van der Waals surface area contributed by atoms with E-state index in [4.69, 9.17) is 9.52 Å². The Bertz CT molecular complexity index is 415. The van der Waals surface area contributed by atoms with Gasteiger partial charge in [0.25, 0.3) is 0 Å². The predicted molar refractivity (Wildman–Crippen MR) is 65.3 cm³/mol. The topological polar surface area (TPSA) is 96.6 Å². The molecule has 1 aromatic heterocycles. The van der Waals surface area contributed by atoms with Crippen molar-refractivity contribution in [2.75, 3.05) is 11.5 Å². The molecule has 2 N–H and O–H groups in total. The van der Waals surface area contributed by atoms with Crippen LogP contribution in [0, 0.1) is 0 Å². The number of carboxylic acids is 1. The van der Waals surface area contributed by atoms with Gasteiger partial charge >= 0.3 is 5.97 Å². The Morgan fingerprint density at radius 2 is 2.22 bits per heavy atom. The summed E-state index contributed by atoms with van der Waals surface area (Å²) in [4.78, 5) is 21.6. The first-order chi connectivity index (χ1) is 8.58. The molecule has 6 nitrogen and oxygen atoms in total. The maximum Gasteiger partial charge on any atom is 0.303 e. The largest absolute Gasteiger partial charge is 0.481 e. The van der Waals surface area contributed by atoms with E-state index < -0.39 is 16.8 Å². The summed E-state index contributed by atoms with van der Waals surface area (Å²) in [7, 11) is -1.32. The molecule has 7 heteroatoms. The van der Waals surface area contributed by atoms with Crippen molar-refractivity contribution >= 4 is 22.7 Å². The highest BCUT2D eigenvalue weighted by Crippen LogP contribution is 1.99. The molecule has 0 radical (unpaired) electrons. The summed E-state index contributed by atoms with van der Waals surface area (Å²) in [6, 6.07) is 3.44. The van der Waals surface area contributed by atoms with Gasteiger partial charge in [-0.2, -0.15) is 0 Å². The van der Waals surface area contributed by atoms with Crippen molar-refractivity contribution < 1.29 is 23.3 Å². The first-order valence-corrected chi connectivity index (χ1v) is 6.92. The number of amides is 1. The number of carbonyl (C=O) groups is 2. The quantitative estimate of drug-likeness (QED) is 0.719. The number of aliphatic carboxylic acids is 1. The van der Waals surface area contributed by atoms with Crippen molar-refractivity contribution in [3.8, 4) is 0 Å². The van der Waals surface area contributed by atoms with Gasteiger partial charge in [-0.15, -0.1) is 0 Å². The number of rotatable bonds is 8. The Morgan fingerprint density at radius 1 is 1.44 bits per heavy atom. The van der Waals surface area contributed by atoms with Gasteiger partial charge < -0.3 is 14.8 Å². The van der Waals surface area contributed by atoms with Crippen LogP contribution < -0.4 is 5.32 Å². The molecule has 1 rings (SSSR count). The molecule has 0 aromatic carbocycles. The Kier molecular flexibility index (Phi) is 6.13. The van der Waals surface area contributed by atoms with Gasteiger partial charge in [0.2, 0.25) is 5.91 Å². The Hall–Kier alpha value is -1.63. The molecule has 0 fully saturated rings. The van der Waals surface area contributed by atoms with E-state index in [-0.39, 0.29) is 30.4 Å². The molecule has 1 amide bonds. The standard InChI is InChI=1S/C11H15NO5S/c13-10(12-7-9-3-1-5-17-9)8-18(16)6-2-4-11(14)15/h1,3,5H,2,4,6-8H2,(H,12,13)(H,14,15). The Morgan fingerprint density at radius 3 is 2.83 bits per heavy atom. The van der Waals surface area contributed by atoms with Crippen LogP contribution in [-0.4, -0.2) is 32.7 Å². The number of hydrogen-bond acceptors (Lipinski definition) is 4. The fraction of sp³-hybridized carbons (Fsp3) is 0.455. The summed E-state index contributed by atoms with van der Waals surface area (Å²) in [5.74, 6) is -0.518. The third kappa shape index (κ3) is 6.19. The molecular weight excluding hydrogens is 258 g/mol. The SMILES string of the molecule is O=C(O)CCCS(=O)CC(=O)NCc1ccco1. The highest BCUT2D eigenvalue weighted by atomic mass is 32.2. The van der Waals surface area contributed by atoms with Crippen LogP contribution in [0.3, 0.4) is 0 Å². The number of carboxylic acid groups (broad SMARTS) is 1. The summed E-state index contributed by atoms with van der Waals surface area (Å²) in [6.07, 6.45) is 1.79. The van der Waals surface area contributed by atoms with Gasteiger partial charge in [-0.3, -0.25) is 13.8 Å². The summed E-state index contributed by atoms with van der Waals surface area (Å²) in [5.41, 5.74) is 0. The zero-order chi connectivity index (χ0) is 13.4. The second-order valence-corrected chi connectivity index (χ2v) is 5.22. The van der Waals surface area contributed by atoms with Gasteiger partial charge in [0.1, 0.15) is 11.5 Å². The van der Waals surface area contributed by atoms with Crippen LogP contribution in [0.5, 0.6) is 0 Å². The molecule has 100 valence electrons. The van der Waals surface area contributed by atoms with E-state index in [1.807, 2.05) is 0 Å². The van der Waals surface area contributed by atoms with Gasteiger partial charge in [-0.1, -0.05) is 0 Å². The van der Waals surface area contributed by atoms with Gasteiger partial charge in [-0.25, -0.2) is 0 Å². The van der Waals surface area contributed by atoms with Crippen LogP contribution in [0.4, 0.5) is 0 Å². The molecule has 0 aliphatic carbocycles. The maximum absolute atomic E-state index is 11.4. The fourth-order valence-corrected chi connectivity index (χ4v) is 2.26. The molecule has 1 heterocycles. The first kappa shape index (κ1) is 14.4. The molecule has 1 unspecified atom stereocenters. The lowest BCUT2D eigenvalue weighted by molar-refractivity contribution is -0.137. The van der Waals surface area contributed by atoms with E-state index in [0.29, 0.717) is 12.2 Å². The van der Waals surface area contributed by atoms with Crippen LogP contribution in [0.2, 0.25) is 0 Å². The fourth-order valence-electron chi connectivity index (χ4n) is 1.25. The molecule has 18 heavy (non-hydrogen) atoms. The molecule has 0 saturated heterocycles. The van der Waals surface area contributed by atoms with Gasteiger partial charge in [0, 0.05) is 23.0 Å². The van der Waals surface area contributed by atoms with E-state index in [1.165, 1.54) is 6.26 Å². The van der Waals surface area contributed by atoms with Crippen molar-refractivity contribution in [3.63, 3.8) is 0 Å². The molecular formula is C11H15NO5S. The van der Waals surface area contributed by atoms with Gasteiger partial charge in [0.15, 0.2) is 0 Å². The maximum atomic E-state index is 11.4. The van der Waals surface area contributed by atoms with Crippen molar-refractivity contribution in [2.24, 2.45) is 0 Å². The van der Waals surface area contributed by atoms with Crippen LogP contribution in [0.1, 0.15) is 18.6 Å². The highest BCUT2D eigenvalue weighted by Gasteiger charge is 2.09. The summed E-state index contributed by atoms with van der Waals surface area (Å²) < 4.78 is 16.5. The minimum atomic E-state index is -1.32. The molecule has 0 bridgehead atoms. The predicted octanol–water partition coefficient (Wildman–Crippen LogP) is 0.509. The number of nitrogens with one attached hydrogen (secondary N) is 1. The second-order valence-electron chi connectivity index (χ2n) is 3.64. The molecule has 0 saturated carbocycles. The van der Waals surface area contributed by atoms with Crippen molar-refractivity contribution in [3.05, 3.63) is 24.2 Å². The molecule has 1 atom stereocenters. The van der Waals surface area contributed by atoms with Crippen LogP contribution >= 0.6 is 0 Å². The van der Waals surface area contributed by atoms with Crippen LogP contribution in [0.15, 0.2) is 22.8 Å². The minimum absolute atomic E-state index is 0.0280. The molecule has 0 aliphatic rings. The molecule has 0 spiro atoms. The van der Waals surface area contributed by atoms with E-state index in [1.54, 1.807) is 12.1 Å². The Labute approximate surface area is 107 Å². The van der Waals surface area contributed by atoms with Gasteiger partial charge in [0.05, 0.1) is 12.8 Å². The van der Waals surface area contributed by atoms with Crippen molar-refractivity contribution in [1.82, 2.24) is 5.32 Å². The number of carbonyl (C=O) groups excluding carboxylic acids is 1. The lowest BCUT2D eigenvalue weighted by Gasteiger charge is -2.03. The second kappa shape index (κ2) is 7.65. The zero-order valence-corrected chi connectivity index (χ0v) is 10.6. The number of furan rings is 1. The third-order valence-electron chi connectivity index (χ3n) is 2.09. The highest BCUT2D eigenvalue weighted by molar-refractivity contribution is 7.85. The van der Waals surface area contributed by atoms with E-state index in [9.17, 15) is 13.8 Å². The van der Waals surface area contributed by atoms with Gasteiger partial charge in [-0.05, 0) is 18.6 Å². The van der Waals surface area contributed by atoms with E-state index >= 15 is 0 Å². The Balaban J connectivity index is 2.15. The number of hydrogen-bond donors (Lipinski definition) is 2. The smallest absolute Gasteiger partial charge is 0.303 e. The lowest BCUT2D eigenvalue weighted by Crippen LogP contribution is -2.28. The monoisotopic (exact) mass is 273 g/mol. The lowest BCUT2D eigenvalue weighted by atomic mass is 10.3. The summed E-state index contributed by atoms with van der Waals surface area (Å²) in [5, 5.41) is 11.0. The average molecular weight is 273 g/mol. The molecule has 0 aliphatic heterocycles. The summed E-state index contributed by atoms with van der Waals surface area (Å²) in [6.45, 7) is 0.262. The normalized spacial score (nSPS) is 12.0. The summed E-state index contributed by atoms with van der Waals surface area (Å²) >= 11 is 0. The van der Waals surface area contributed by atoms with E-state index in [2.05, 4.69) is 5.32 Å². The van der Waals surface area contributed by atoms with Crippen molar-refractivity contribution in [2.45, 2.75) is 19.4 Å². The van der Waals surface area contributed by atoms with E-state index in [0.717, 1.165) is 0 Å². The molecule has 1 aromatic rings. The third-order valence-corrected chi connectivity index (χ3v) is 3.42.